The SMILES string of the molecule is Cc1nn(C)c2nc(O[C@@H](C)C(=O)Nc3cccc(F)c3)cc(-c3ccccc3)c12. The third-order valence-electron chi connectivity index (χ3n) is 4.79. The number of benzene rings is 2. The van der Waals surface area contributed by atoms with Gasteiger partial charge in [-0.15, -0.1) is 0 Å². The van der Waals surface area contributed by atoms with Gasteiger partial charge in [0.2, 0.25) is 5.88 Å². The normalized spacial score (nSPS) is 12.0. The molecule has 0 aliphatic rings. The van der Waals surface area contributed by atoms with E-state index in [2.05, 4.69) is 15.4 Å². The predicted octanol–water partition coefficient (Wildman–Crippen LogP) is 4.49. The Morgan fingerprint density at radius 2 is 1.90 bits per heavy atom. The van der Waals surface area contributed by atoms with Gasteiger partial charge >= 0.3 is 0 Å². The molecule has 7 heteroatoms. The number of hydrogen-bond donors (Lipinski definition) is 1. The molecule has 0 bridgehead atoms. The van der Waals surface area contributed by atoms with Gasteiger partial charge in [-0.05, 0) is 43.2 Å². The lowest BCUT2D eigenvalue weighted by atomic mass is 10.0. The van der Waals surface area contributed by atoms with Crippen molar-refractivity contribution in [1.82, 2.24) is 14.8 Å². The first-order chi connectivity index (χ1) is 14.4. The van der Waals surface area contributed by atoms with Crippen LogP contribution in [0.4, 0.5) is 10.1 Å². The number of anilines is 1. The lowest BCUT2D eigenvalue weighted by molar-refractivity contribution is -0.122. The Morgan fingerprint density at radius 1 is 1.13 bits per heavy atom. The van der Waals surface area contributed by atoms with Gasteiger partial charge in [0.25, 0.3) is 5.91 Å². The molecule has 1 amide bonds. The highest BCUT2D eigenvalue weighted by Gasteiger charge is 2.20. The minimum atomic E-state index is -0.837. The monoisotopic (exact) mass is 404 g/mol. The van der Waals surface area contributed by atoms with Gasteiger partial charge in [0.1, 0.15) is 5.82 Å². The van der Waals surface area contributed by atoms with Crippen molar-refractivity contribution in [3.63, 3.8) is 0 Å². The van der Waals surface area contributed by atoms with Crippen molar-refractivity contribution >= 4 is 22.6 Å². The molecule has 2 aromatic carbocycles. The number of halogens is 1. The fourth-order valence-electron chi connectivity index (χ4n) is 3.37. The number of fused-ring (bicyclic) bond motifs is 1. The number of hydrogen-bond acceptors (Lipinski definition) is 4. The average Bonchev–Trinajstić information content (AvgIpc) is 3.01. The molecule has 2 aromatic heterocycles. The quantitative estimate of drug-likeness (QED) is 0.532. The van der Waals surface area contributed by atoms with Gasteiger partial charge in [0.15, 0.2) is 11.8 Å². The second-order valence-electron chi connectivity index (χ2n) is 7.04. The van der Waals surface area contributed by atoms with Crippen molar-refractivity contribution < 1.29 is 13.9 Å². The lowest BCUT2D eigenvalue weighted by Gasteiger charge is -2.15. The van der Waals surface area contributed by atoms with Gasteiger partial charge in [-0.1, -0.05) is 36.4 Å². The highest BCUT2D eigenvalue weighted by molar-refractivity contribution is 5.96. The maximum atomic E-state index is 13.4. The molecule has 4 aromatic rings. The Bertz CT molecular complexity index is 1220. The van der Waals surface area contributed by atoms with E-state index in [-0.39, 0.29) is 0 Å². The van der Waals surface area contributed by atoms with E-state index >= 15 is 0 Å². The number of carbonyl (C=O) groups is 1. The van der Waals surface area contributed by atoms with E-state index in [1.165, 1.54) is 18.2 Å². The summed E-state index contributed by atoms with van der Waals surface area (Å²) in [5.41, 5.74) is 3.83. The molecular weight excluding hydrogens is 383 g/mol. The van der Waals surface area contributed by atoms with Crippen molar-refractivity contribution in [2.24, 2.45) is 7.05 Å². The number of nitrogens with one attached hydrogen (secondary N) is 1. The summed E-state index contributed by atoms with van der Waals surface area (Å²) in [6.45, 7) is 3.56. The van der Waals surface area contributed by atoms with Gasteiger partial charge in [0.05, 0.1) is 11.1 Å². The number of rotatable bonds is 5. The number of nitrogens with zero attached hydrogens (tertiary/aromatic N) is 3. The summed E-state index contributed by atoms with van der Waals surface area (Å²) < 4.78 is 20.9. The van der Waals surface area contributed by atoms with Crippen LogP contribution in [0.15, 0.2) is 60.7 Å². The Kier molecular flexibility index (Phi) is 5.18. The van der Waals surface area contributed by atoms with E-state index in [1.807, 2.05) is 50.4 Å². The number of carbonyl (C=O) groups excluding carboxylic acids is 1. The van der Waals surface area contributed by atoms with Crippen molar-refractivity contribution in [2.45, 2.75) is 20.0 Å². The van der Waals surface area contributed by atoms with E-state index in [0.717, 1.165) is 22.2 Å². The van der Waals surface area contributed by atoms with Gasteiger partial charge < -0.3 is 10.1 Å². The second-order valence-corrected chi connectivity index (χ2v) is 7.04. The van der Waals surface area contributed by atoms with E-state index < -0.39 is 17.8 Å². The van der Waals surface area contributed by atoms with Crippen molar-refractivity contribution in [1.29, 1.82) is 0 Å². The molecule has 0 saturated carbocycles. The topological polar surface area (TPSA) is 69.0 Å². The summed E-state index contributed by atoms with van der Waals surface area (Å²) in [6, 6.07) is 17.4. The van der Waals surface area contributed by atoms with Gasteiger partial charge in [-0.2, -0.15) is 10.1 Å². The van der Waals surface area contributed by atoms with Crippen LogP contribution in [-0.4, -0.2) is 26.8 Å². The van der Waals surface area contributed by atoms with E-state index in [0.29, 0.717) is 17.2 Å². The molecule has 2 heterocycles. The Labute approximate surface area is 173 Å². The molecule has 6 nitrogen and oxygen atoms in total. The molecular formula is C23H21FN4O2. The Balaban J connectivity index is 1.66. The van der Waals surface area contributed by atoms with E-state index in [4.69, 9.17) is 4.74 Å². The molecule has 0 aliphatic carbocycles. The first kappa shape index (κ1) is 19.6. The molecule has 30 heavy (non-hydrogen) atoms. The maximum Gasteiger partial charge on any atom is 0.265 e. The average molecular weight is 404 g/mol. The zero-order chi connectivity index (χ0) is 21.3. The van der Waals surface area contributed by atoms with Crippen LogP contribution >= 0.6 is 0 Å². The largest absolute Gasteiger partial charge is 0.464 e. The number of aryl methyl sites for hydroxylation is 2. The summed E-state index contributed by atoms with van der Waals surface area (Å²) in [5.74, 6) is -0.510. The number of amides is 1. The van der Waals surface area contributed by atoms with Gasteiger partial charge in [0, 0.05) is 18.8 Å². The maximum absolute atomic E-state index is 13.4. The highest BCUT2D eigenvalue weighted by Crippen LogP contribution is 2.33. The molecule has 0 radical (unpaired) electrons. The third-order valence-corrected chi connectivity index (χ3v) is 4.79. The zero-order valence-electron chi connectivity index (χ0n) is 16.9. The Hall–Kier alpha value is -3.74. The smallest absolute Gasteiger partial charge is 0.265 e. The van der Waals surface area contributed by atoms with Gasteiger partial charge in [-0.3, -0.25) is 9.48 Å². The van der Waals surface area contributed by atoms with Crippen LogP contribution in [-0.2, 0) is 11.8 Å². The van der Waals surface area contributed by atoms with Crippen LogP contribution in [0.2, 0.25) is 0 Å². The van der Waals surface area contributed by atoms with Crippen LogP contribution in [0.1, 0.15) is 12.6 Å². The molecule has 4 rings (SSSR count). The molecule has 1 N–H and O–H groups in total. The fraction of sp³-hybridized carbons (Fsp3) is 0.174. The second kappa shape index (κ2) is 7.94. The molecule has 0 saturated heterocycles. The Morgan fingerprint density at radius 3 is 2.63 bits per heavy atom. The zero-order valence-corrected chi connectivity index (χ0v) is 16.9. The highest BCUT2D eigenvalue weighted by atomic mass is 19.1. The van der Waals surface area contributed by atoms with E-state index in [9.17, 15) is 9.18 Å². The summed E-state index contributed by atoms with van der Waals surface area (Å²) in [4.78, 5) is 17.1. The summed E-state index contributed by atoms with van der Waals surface area (Å²) in [6.07, 6.45) is -0.837. The van der Waals surface area contributed by atoms with Crippen molar-refractivity contribution in [3.05, 3.63) is 72.2 Å². The molecule has 0 unspecified atom stereocenters. The third kappa shape index (κ3) is 3.87. The molecule has 152 valence electrons. The first-order valence-electron chi connectivity index (χ1n) is 9.55. The standard InChI is InChI=1S/C23H21FN4O2/c1-14-21-19(16-8-5-4-6-9-16)13-20(26-22(21)28(3)27-14)30-15(2)23(29)25-18-11-7-10-17(24)12-18/h4-13,15H,1-3H3,(H,25,29)/t15-/m0/s1. The lowest BCUT2D eigenvalue weighted by Crippen LogP contribution is -2.30. The van der Waals surface area contributed by atoms with Crippen LogP contribution < -0.4 is 10.1 Å². The van der Waals surface area contributed by atoms with Crippen molar-refractivity contribution in [2.75, 3.05) is 5.32 Å². The minimum Gasteiger partial charge on any atom is -0.464 e. The molecule has 0 aliphatic heterocycles. The first-order valence-corrected chi connectivity index (χ1v) is 9.55. The fourth-order valence-corrected chi connectivity index (χ4v) is 3.37. The van der Waals surface area contributed by atoms with Crippen molar-refractivity contribution in [3.8, 4) is 17.0 Å². The minimum absolute atomic E-state index is 0.311. The number of aromatic nitrogens is 3. The van der Waals surface area contributed by atoms with Gasteiger partial charge in [-0.25, -0.2) is 4.39 Å². The van der Waals surface area contributed by atoms with Crippen LogP contribution in [0.25, 0.3) is 22.2 Å². The number of ether oxygens (including phenoxy) is 1. The summed E-state index contributed by atoms with van der Waals surface area (Å²) >= 11 is 0. The van der Waals surface area contributed by atoms with Crippen LogP contribution in [0.5, 0.6) is 5.88 Å². The summed E-state index contributed by atoms with van der Waals surface area (Å²) in [5, 5.41) is 8.07. The molecule has 0 spiro atoms. The van der Waals surface area contributed by atoms with Crippen LogP contribution in [0.3, 0.4) is 0 Å². The number of pyridine rings is 1. The van der Waals surface area contributed by atoms with Crippen LogP contribution in [0, 0.1) is 12.7 Å². The molecule has 1 atom stereocenters. The predicted molar refractivity (Wildman–Crippen MR) is 114 cm³/mol. The van der Waals surface area contributed by atoms with E-state index in [1.54, 1.807) is 17.7 Å². The summed E-state index contributed by atoms with van der Waals surface area (Å²) in [7, 11) is 1.82. The molecule has 0 fully saturated rings.